The molecule has 1 saturated carbocycles. The van der Waals surface area contributed by atoms with Crippen molar-refractivity contribution in [2.75, 3.05) is 24.6 Å². The van der Waals surface area contributed by atoms with Crippen LogP contribution in [-0.4, -0.2) is 35.1 Å². The number of nitrogens with zero attached hydrogens (tertiary/aromatic N) is 1. The summed E-state index contributed by atoms with van der Waals surface area (Å²) in [6.07, 6.45) is 4.28. The summed E-state index contributed by atoms with van der Waals surface area (Å²) >= 11 is 0. The molecule has 0 aliphatic heterocycles. The molecule has 2 rings (SSSR count). The lowest BCUT2D eigenvalue weighted by atomic mass is 10.1. The third-order valence-electron chi connectivity index (χ3n) is 3.59. The Morgan fingerprint density at radius 1 is 1.21 bits per heavy atom. The van der Waals surface area contributed by atoms with E-state index in [1.807, 2.05) is 0 Å². The molecule has 19 heavy (non-hydrogen) atoms. The van der Waals surface area contributed by atoms with Crippen LogP contribution in [0, 0.1) is 0 Å². The van der Waals surface area contributed by atoms with Crippen molar-refractivity contribution in [3.8, 4) is 0 Å². The van der Waals surface area contributed by atoms with E-state index in [1.54, 1.807) is 23.1 Å². The zero-order valence-electron chi connectivity index (χ0n) is 11.0. The van der Waals surface area contributed by atoms with Crippen LogP contribution < -0.4 is 11.5 Å². The number of hydrogen-bond donors (Lipinski definition) is 3. The molecule has 0 bridgehead atoms. The van der Waals surface area contributed by atoms with Gasteiger partial charge in [0.25, 0.3) is 5.91 Å². The fourth-order valence-electron chi connectivity index (χ4n) is 2.74. The van der Waals surface area contributed by atoms with E-state index in [2.05, 4.69) is 0 Å². The third kappa shape index (κ3) is 3.17. The maximum absolute atomic E-state index is 12.5. The van der Waals surface area contributed by atoms with Crippen LogP contribution in [0.25, 0.3) is 0 Å². The van der Waals surface area contributed by atoms with Crippen molar-refractivity contribution in [1.29, 1.82) is 0 Å². The van der Waals surface area contributed by atoms with Gasteiger partial charge in [-0.3, -0.25) is 4.79 Å². The van der Waals surface area contributed by atoms with Gasteiger partial charge >= 0.3 is 0 Å². The van der Waals surface area contributed by atoms with E-state index in [9.17, 15) is 4.79 Å². The molecule has 0 unspecified atom stereocenters. The number of benzene rings is 1. The number of carbonyl (C=O) groups excluding carboxylic acids is 1. The Morgan fingerprint density at radius 3 is 2.32 bits per heavy atom. The van der Waals surface area contributed by atoms with E-state index in [4.69, 9.17) is 16.6 Å². The molecule has 5 nitrogen and oxygen atoms in total. The van der Waals surface area contributed by atoms with E-state index in [-0.39, 0.29) is 18.6 Å². The molecule has 0 radical (unpaired) electrons. The summed E-state index contributed by atoms with van der Waals surface area (Å²) in [5, 5.41) is 9.16. The molecular weight excluding hydrogens is 242 g/mol. The molecule has 0 heterocycles. The largest absolute Gasteiger partial charge is 0.399 e. The summed E-state index contributed by atoms with van der Waals surface area (Å²) in [7, 11) is 0. The Labute approximate surface area is 113 Å². The van der Waals surface area contributed by atoms with E-state index >= 15 is 0 Å². The van der Waals surface area contributed by atoms with Crippen molar-refractivity contribution in [1.82, 2.24) is 4.90 Å². The molecule has 5 N–H and O–H groups in total. The summed E-state index contributed by atoms with van der Waals surface area (Å²) in [5.74, 6) is -0.0973. The minimum atomic E-state index is -0.0973. The normalized spacial score (nSPS) is 15.6. The molecule has 1 amide bonds. The lowest BCUT2D eigenvalue weighted by Crippen LogP contribution is -2.40. The molecule has 0 atom stereocenters. The smallest absolute Gasteiger partial charge is 0.254 e. The molecule has 0 saturated heterocycles. The van der Waals surface area contributed by atoms with E-state index in [1.165, 1.54) is 0 Å². The number of anilines is 2. The quantitative estimate of drug-likeness (QED) is 0.712. The highest BCUT2D eigenvalue weighted by Gasteiger charge is 2.27. The van der Waals surface area contributed by atoms with E-state index in [0.29, 0.717) is 23.5 Å². The van der Waals surface area contributed by atoms with Crippen molar-refractivity contribution in [2.24, 2.45) is 0 Å². The number of aliphatic hydroxyl groups is 1. The van der Waals surface area contributed by atoms with E-state index in [0.717, 1.165) is 25.7 Å². The Hall–Kier alpha value is -1.75. The van der Waals surface area contributed by atoms with E-state index < -0.39 is 0 Å². The lowest BCUT2D eigenvalue weighted by Gasteiger charge is -2.28. The van der Waals surface area contributed by atoms with Crippen molar-refractivity contribution >= 4 is 17.3 Å². The van der Waals surface area contributed by atoms with Crippen molar-refractivity contribution in [3.63, 3.8) is 0 Å². The van der Waals surface area contributed by atoms with Crippen molar-refractivity contribution in [3.05, 3.63) is 23.8 Å². The van der Waals surface area contributed by atoms with Crippen LogP contribution in [0.3, 0.4) is 0 Å². The highest BCUT2D eigenvalue weighted by Crippen LogP contribution is 2.25. The predicted octanol–water partition coefficient (Wildman–Crippen LogP) is 1.23. The summed E-state index contributed by atoms with van der Waals surface area (Å²) in [4.78, 5) is 14.3. The molecule has 104 valence electrons. The van der Waals surface area contributed by atoms with Gasteiger partial charge in [-0.2, -0.15) is 0 Å². The number of carbonyl (C=O) groups is 1. The summed E-state index contributed by atoms with van der Waals surface area (Å²) in [6, 6.07) is 5.13. The van der Waals surface area contributed by atoms with Gasteiger partial charge in [0.05, 0.1) is 6.61 Å². The first-order chi connectivity index (χ1) is 9.11. The first-order valence-corrected chi connectivity index (χ1v) is 6.69. The molecule has 1 aromatic rings. The van der Waals surface area contributed by atoms with Gasteiger partial charge in [0.15, 0.2) is 0 Å². The summed E-state index contributed by atoms with van der Waals surface area (Å²) in [5.41, 5.74) is 12.9. The molecule has 0 aromatic heterocycles. The molecule has 1 aliphatic rings. The molecule has 0 spiro atoms. The van der Waals surface area contributed by atoms with Crippen LogP contribution in [0.15, 0.2) is 18.2 Å². The van der Waals surface area contributed by atoms with Crippen LogP contribution in [0.2, 0.25) is 0 Å². The van der Waals surface area contributed by atoms with Gasteiger partial charge in [0, 0.05) is 29.5 Å². The molecule has 1 fully saturated rings. The van der Waals surface area contributed by atoms with Gasteiger partial charge in [-0.05, 0) is 31.0 Å². The van der Waals surface area contributed by atoms with Gasteiger partial charge in [-0.25, -0.2) is 0 Å². The highest BCUT2D eigenvalue weighted by atomic mass is 16.3. The second-order valence-electron chi connectivity index (χ2n) is 5.05. The zero-order chi connectivity index (χ0) is 13.8. The number of nitrogens with two attached hydrogens (primary N) is 2. The number of amides is 1. The molecule has 1 aliphatic carbocycles. The van der Waals surface area contributed by atoms with Gasteiger partial charge in [-0.1, -0.05) is 12.8 Å². The molecule has 1 aromatic carbocycles. The zero-order valence-corrected chi connectivity index (χ0v) is 11.0. The summed E-state index contributed by atoms with van der Waals surface area (Å²) < 4.78 is 0. The minimum Gasteiger partial charge on any atom is -0.399 e. The van der Waals surface area contributed by atoms with Crippen LogP contribution in [0.5, 0.6) is 0 Å². The van der Waals surface area contributed by atoms with Gasteiger partial charge < -0.3 is 21.5 Å². The van der Waals surface area contributed by atoms with Crippen LogP contribution in [0.4, 0.5) is 11.4 Å². The lowest BCUT2D eigenvalue weighted by molar-refractivity contribution is 0.0638. The van der Waals surface area contributed by atoms with Crippen LogP contribution in [0.1, 0.15) is 36.0 Å². The maximum atomic E-state index is 12.5. The maximum Gasteiger partial charge on any atom is 0.254 e. The fraction of sp³-hybridized carbons (Fsp3) is 0.500. The number of rotatable bonds is 4. The average Bonchev–Trinajstić information content (AvgIpc) is 2.87. The van der Waals surface area contributed by atoms with Crippen LogP contribution in [-0.2, 0) is 0 Å². The SMILES string of the molecule is Nc1cc(N)cc(C(=O)N(CCO)C2CCCC2)c1. The van der Waals surface area contributed by atoms with Gasteiger partial charge in [0.1, 0.15) is 0 Å². The molecule has 5 heteroatoms. The first kappa shape index (κ1) is 13.7. The Kier molecular flexibility index (Phi) is 4.27. The van der Waals surface area contributed by atoms with Gasteiger partial charge in [0.2, 0.25) is 0 Å². The third-order valence-corrected chi connectivity index (χ3v) is 3.59. The van der Waals surface area contributed by atoms with Gasteiger partial charge in [-0.15, -0.1) is 0 Å². The van der Waals surface area contributed by atoms with Crippen molar-refractivity contribution in [2.45, 2.75) is 31.7 Å². The summed E-state index contributed by atoms with van der Waals surface area (Å²) in [6.45, 7) is 0.332. The number of nitrogen functional groups attached to an aromatic ring is 2. The van der Waals surface area contributed by atoms with Crippen LogP contribution >= 0.6 is 0 Å². The van der Waals surface area contributed by atoms with Crippen molar-refractivity contribution < 1.29 is 9.90 Å². The Morgan fingerprint density at radius 2 is 1.79 bits per heavy atom. The number of hydrogen-bond acceptors (Lipinski definition) is 4. The first-order valence-electron chi connectivity index (χ1n) is 6.69. The molecular formula is C14H21N3O2. The Bertz CT molecular complexity index is 436. The second-order valence-corrected chi connectivity index (χ2v) is 5.05. The number of aliphatic hydroxyl groups excluding tert-OH is 1. The highest BCUT2D eigenvalue weighted by molar-refractivity contribution is 5.96. The monoisotopic (exact) mass is 263 g/mol. The topological polar surface area (TPSA) is 92.6 Å². The minimum absolute atomic E-state index is 0.0277. The fourth-order valence-corrected chi connectivity index (χ4v) is 2.74. The standard InChI is InChI=1S/C14H21N3O2/c15-11-7-10(8-12(16)9-11)14(19)17(5-6-18)13-3-1-2-4-13/h7-9,13,18H,1-6,15-16H2. The average molecular weight is 263 g/mol. The predicted molar refractivity (Wildman–Crippen MR) is 75.6 cm³/mol. The second kappa shape index (κ2) is 5.93. The Balaban J connectivity index is 2.22.